The second-order valence-electron chi connectivity index (χ2n) is 7.78. The molecule has 1 fully saturated rings. The van der Waals surface area contributed by atoms with E-state index in [1.165, 1.54) is 13.0 Å². The summed E-state index contributed by atoms with van der Waals surface area (Å²) in [5, 5.41) is 2.56. The molecule has 2 rings (SSSR count). The van der Waals surface area contributed by atoms with Gasteiger partial charge in [-0.15, -0.1) is 0 Å². The van der Waals surface area contributed by atoms with Crippen LogP contribution in [0.15, 0.2) is 29.4 Å². The van der Waals surface area contributed by atoms with Crippen molar-refractivity contribution in [2.24, 2.45) is 5.41 Å². The summed E-state index contributed by atoms with van der Waals surface area (Å²) in [6.45, 7) is 14.0. The Balaban J connectivity index is 2.62. The Morgan fingerprint density at radius 3 is 2.54 bits per heavy atom. The standard InChI is InChI=1S/C20H25BrF3N3O/c1-6-12(2)25-18(28)14-13(3)15(21)16(20(22,23)24)26-17(14)27-10-7-8-19(4,5)9-11-27/h6H,1-2,7-11H2,3-5H3,(H,25,28). The van der Waals surface area contributed by atoms with Crippen molar-refractivity contribution < 1.29 is 18.0 Å². The maximum atomic E-state index is 13.5. The first-order valence-electron chi connectivity index (χ1n) is 9.02. The van der Waals surface area contributed by atoms with Crippen LogP contribution in [0.1, 0.15) is 54.7 Å². The lowest BCUT2D eigenvalue weighted by molar-refractivity contribution is -0.141. The topological polar surface area (TPSA) is 45.2 Å². The number of hydrogen-bond acceptors (Lipinski definition) is 3. The average Bonchev–Trinajstić information content (AvgIpc) is 2.76. The van der Waals surface area contributed by atoms with E-state index in [-0.39, 0.29) is 32.5 Å². The first-order chi connectivity index (χ1) is 12.9. The van der Waals surface area contributed by atoms with E-state index in [4.69, 9.17) is 0 Å². The van der Waals surface area contributed by atoms with E-state index in [1.54, 1.807) is 4.90 Å². The summed E-state index contributed by atoms with van der Waals surface area (Å²) >= 11 is 2.99. The molecule has 1 aromatic rings. The van der Waals surface area contributed by atoms with E-state index in [9.17, 15) is 18.0 Å². The maximum Gasteiger partial charge on any atom is 0.434 e. The number of nitrogens with zero attached hydrogens (tertiary/aromatic N) is 2. The molecule has 28 heavy (non-hydrogen) atoms. The van der Waals surface area contributed by atoms with Gasteiger partial charge in [0.05, 0.1) is 10.0 Å². The third-order valence-electron chi connectivity index (χ3n) is 5.01. The minimum atomic E-state index is -4.64. The Kier molecular flexibility index (Phi) is 6.63. The second-order valence-corrected chi connectivity index (χ2v) is 8.58. The zero-order valence-electron chi connectivity index (χ0n) is 16.3. The fourth-order valence-electron chi connectivity index (χ4n) is 3.25. The highest BCUT2D eigenvalue weighted by molar-refractivity contribution is 9.10. The van der Waals surface area contributed by atoms with Crippen LogP contribution in [-0.2, 0) is 6.18 Å². The minimum Gasteiger partial charge on any atom is -0.356 e. The third-order valence-corrected chi connectivity index (χ3v) is 5.98. The minimum absolute atomic E-state index is 0.0556. The SMILES string of the molecule is C=CC(=C)NC(=O)c1c(N2CCCC(C)(C)CC2)nc(C(F)(F)F)c(Br)c1C. The first kappa shape index (κ1) is 22.5. The van der Waals surface area contributed by atoms with Crippen molar-refractivity contribution in [3.8, 4) is 0 Å². The number of rotatable bonds is 4. The van der Waals surface area contributed by atoms with Crippen molar-refractivity contribution in [2.45, 2.75) is 46.2 Å². The summed E-state index contributed by atoms with van der Waals surface area (Å²) in [7, 11) is 0. The van der Waals surface area contributed by atoms with Crippen LogP contribution in [0.3, 0.4) is 0 Å². The smallest absolute Gasteiger partial charge is 0.356 e. The lowest BCUT2D eigenvalue weighted by Crippen LogP contribution is -2.32. The number of aromatic nitrogens is 1. The molecule has 1 N–H and O–H groups in total. The summed E-state index contributed by atoms with van der Waals surface area (Å²) in [4.78, 5) is 18.5. The molecular weight excluding hydrogens is 435 g/mol. The fraction of sp³-hybridized carbons (Fsp3) is 0.500. The van der Waals surface area contributed by atoms with Crippen LogP contribution in [-0.4, -0.2) is 24.0 Å². The summed E-state index contributed by atoms with van der Waals surface area (Å²) < 4.78 is 40.4. The van der Waals surface area contributed by atoms with Gasteiger partial charge in [0, 0.05) is 18.8 Å². The number of pyridine rings is 1. The van der Waals surface area contributed by atoms with Gasteiger partial charge in [0.15, 0.2) is 5.69 Å². The molecule has 154 valence electrons. The molecule has 0 radical (unpaired) electrons. The van der Waals surface area contributed by atoms with E-state index in [0.717, 1.165) is 19.3 Å². The van der Waals surface area contributed by atoms with Gasteiger partial charge in [-0.2, -0.15) is 13.2 Å². The summed E-state index contributed by atoms with van der Waals surface area (Å²) in [5.74, 6) is -0.497. The predicted molar refractivity (Wildman–Crippen MR) is 108 cm³/mol. The number of carbonyl (C=O) groups excluding carboxylic acids is 1. The Hall–Kier alpha value is -1.83. The highest BCUT2D eigenvalue weighted by atomic mass is 79.9. The van der Waals surface area contributed by atoms with Crippen molar-refractivity contribution in [2.75, 3.05) is 18.0 Å². The number of alkyl halides is 3. The van der Waals surface area contributed by atoms with Crippen LogP contribution in [0, 0.1) is 12.3 Å². The molecule has 0 saturated carbocycles. The zero-order valence-corrected chi connectivity index (χ0v) is 17.9. The van der Waals surface area contributed by atoms with Gasteiger partial charge < -0.3 is 10.2 Å². The van der Waals surface area contributed by atoms with Crippen molar-refractivity contribution in [1.29, 1.82) is 0 Å². The molecule has 0 unspecified atom stereocenters. The maximum absolute atomic E-state index is 13.5. The fourth-order valence-corrected chi connectivity index (χ4v) is 3.76. The normalized spacial score (nSPS) is 17.0. The molecule has 1 aliphatic heterocycles. The first-order valence-corrected chi connectivity index (χ1v) is 9.81. The van der Waals surface area contributed by atoms with E-state index < -0.39 is 17.8 Å². The second kappa shape index (κ2) is 8.27. The summed E-state index contributed by atoms with van der Waals surface area (Å²) in [5.41, 5.74) is -0.366. The number of allylic oxidation sites excluding steroid dienone is 1. The number of carbonyl (C=O) groups is 1. The van der Waals surface area contributed by atoms with E-state index in [0.29, 0.717) is 13.1 Å². The van der Waals surface area contributed by atoms with Crippen LogP contribution in [0.5, 0.6) is 0 Å². The number of amides is 1. The zero-order chi connectivity index (χ0) is 21.3. The van der Waals surface area contributed by atoms with Gasteiger partial charge in [-0.05, 0) is 59.2 Å². The highest BCUT2D eigenvalue weighted by Crippen LogP contribution is 2.40. The third kappa shape index (κ3) is 4.96. The molecule has 0 spiro atoms. The molecule has 1 amide bonds. The van der Waals surface area contributed by atoms with Gasteiger partial charge >= 0.3 is 6.18 Å². The van der Waals surface area contributed by atoms with Crippen molar-refractivity contribution in [3.63, 3.8) is 0 Å². The summed E-state index contributed by atoms with van der Waals surface area (Å²) in [6, 6.07) is 0. The number of nitrogens with one attached hydrogen (secondary N) is 1. The highest BCUT2D eigenvalue weighted by Gasteiger charge is 2.39. The van der Waals surface area contributed by atoms with Gasteiger partial charge in [0.25, 0.3) is 5.91 Å². The van der Waals surface area contributed by atoms with E-state index in [2.05, 4.69) is 53.2 Å². The molecule has 0 bridgehead atoms. The molecule has 4 nitrogen and oxygen atoms in total. The number of anilines is 1. The van der Waals surface area contributed by atoms with Crippen molar-refractivity contribution in [1.82, 2.24) is 10.3 Å². The Bertz CT molecular complexity index is 803. The molecule has 8 heteroatoms. The number of halogens is 4. The number of hydrogen-bond donors (Lipinski definition) is 1. The van der Waals surface area contributed by atoms with Crippen molar-refractivity contribution in [3.05, 3.63) is 46.2 Å². The Labute approximate surface area is 172 Å². The molecule has 1 saturated heterocycles. The Morgan fingerprint density at radius 2 is 1.96 bits per heavy atom. The summed E-state index contributed by atoms with van der Waals surface area (Å²) in [6.07, 6.45) is -0.700. The Morgan fingerprint density at radius 1 is 1.32 bits per heavy atom. The van der Waals surface area contributed by atoms with E-state index >= 15 is 0 Å². The molecule has 0 aliphatic carbocycles. The molecular formula is C20H25BrF3N3O. The van der Waals surface area contributed by atoms with Gasteiger partial charge in [-0.1, -0.05) is 27.0 Å². The monoisotopic (exact) mass is 459 g/mol. The van der Waals surface area contributed by atoms with Crippen LogP contribution in [0.4, 0.5) is 19.0 Å². The van der Waals surface area contributed by atoms with E-state index in [1.807, 2.05) is 0 Å². The van der Waals surface area contributed by atoms with Gasteiger partial charge in [-0.3, -0.25) is 4.79 Å². The van der Waals surface area contributed by atoms with Crippen LogP contribution < -0.4 is 10.2 Å². The predicted octanol–water partition coefficient (Wildman–Crippen LogP) is 5.62. The van der Waals surface area contributed by atoms with Crippen LogP contribution in [0.2, 0.25) is 0 Å². The average molecular weight is 460 g/mol. The van der Waals surface area contributed by atoms with Gasteiger partial charge in [0.1, 0.15) is 5.82 Å². The largest absolute Gasteiger partial charge is 0.434 e. The molecule has 2 heterocycles. The lowest BCUT2D eigenvalue weighted by atomic mass is 9.85. The molecule has 0 atom stereocenters. The van der Waals surface area contributed by atoms with Gasteiger partial charge in [0.2, 0.25) is 0 Å². The molecule has 1 aromatic heterocycles. The van der Waals surface area contributed by atoms with Crippen LogP contribution in [0.25, 0.3) is 0 Å². The van der Waals surface area contributed by atoms with Crippen molar-refractivity contribution >= 4 is 27.7 Å². The molecule has 0 aromatic carbocycles. The quantitative estimate of drug-likeness (QED) is 0.594. The lowest BCUT2D eigenvalue weighted by Gasteiger charge is -2.28. The molecule has 1 aliphatic rings. The van der Waals surface area contributed by atoms with Gasteiger partial charge in [-0.25, -0.2) is 4.98 Å². The van der Waals surface area contributed by atoms with Crippen LogP contribution >= 0.6 is 15.9 Å².